The van der Waals surface area contributed by atoms with Crippen molar-refractivity contribution in [3.05, 3.63) is 58.7 Å². The van der Waals surface area contributed by atoms with E-state index in [1.807, 2.05) is 0 Å². The van der Waals surface area contributed by atoms with Crippen molar-refractivity contribution in [3.8, 4) is 0 Å². The summed E-state index contributed by atoms with van der Waals surface area (Å²) in [6.45, 7) is 3.19. The predicted molar refractivity (Wildman–Crippen MR) is 84.4 cm³/mol. The van der Waals surface area contributed by atoms with Crippen LogP contribution < -0.4 is 5.32 Å². The molecule has 1 heterocycles. The number of rotatable bonds is 4. The molecule has 0 unspecified atom stereocenters. The Bertz CT molecular complexity index is 864. The average Bonchev–Trinajstić information content (AvgIpc) is 2.47. The standard InChI is InChI=1S/C16H17FN2O3S/c1-10-4-5-12(8-14(10)23(3,21)22)16(20)19-9-13-15(17)11(2)6-7-18-13/h4-8H,9H2,1-3H3,(H,19,20). The van der Waals surface area contributed by atoms with Crippen LogP contribution >= 0.6 is 0 Å². The number of hydrogen-bond acceptors (Lipinski definition) is 4. The van der Waals surface area contributed by atoms with E-state index in [-0.39, 0.29) is 22.7 Å². The minimum absolute atomic E-state index is 0.0750. The molecule has 0 spiro atoms. The van der Waals surface area contributed by atoms with Gasteiger partial charge in [-0.1, -0.05) is 6.07 Å². The van der Waals surface area contributed by atoms with Gasteiger partial charge in [-0.3, -0.25) is 9.78 Å². The molecule has 0 radical (unpaired) electrons. The molecule has 2 rings (SSSR count). The van der Waals surface area contributed by atoms with Crippen molar-refractivity contribution in [3.63, 3.8) is 0 Å². The molecule has 1 amide bonds. The number of amides is 1. The predicted octanol–water partition coefficient (Wildman–Crippen LogP) is 2.17. The summed E-state index contributed by atoms with van der Waals surface area (Å²) in [5, 5.41) is 2.55. The summed E-state index contributed by atoms with van der Waals surface area (Å²) in [5.41, 5.74) is 1.34. The molecule has 0 bridgehead atoms. The maximum atomic E-state index is 13.8. The van der Waals surface area contributed by atoms with Crippen molar-refractivity contribution in [1.82, 2.24) is 10.3 Å². The number of hydrogen-bond donors (Lipinski definition) is 1. The SMILES string of the molecule is Cc1ccc(C(=O)NCc2nccc(C)c2F)cc1S(C)(=O)=O. The number of carbonyl (C=O) groups is 1. The lowest BCUT2D eigenvalue weighted by Gasteiger charge is -2.09. The van der Waals surface area contributed by atoms with Gasteiger partial charge >= 0.3 is 0 Å². The molecule has 0 saturated carbocycles. The third-order valence-corrected chi connectivity index (χ3v) is 4.66. The Morgan fingerprint density at radius 1 is 1.22 bits per heavy atom. The number of aromatic nitrogens is 1. The number of carbonyl (C=O) groups excluding carboxylic acids is 1. The first kappa shape index (κ1) is 17.1. The van der Waals surface area contributed by atoms with E-state index in [2.05, 4.69) is 10.3 Å². The largest absolute Gasteiger partial charge is 0.346 e. The lowest BCUT2D eigenvalue weighted by molar-refractivity contribution is 0.0950. The number of nitrogens with one attached hydrogen (secondary N) is 1. The van der Waals surface area contributed by atoms with Gasteiger partial charge in [0.05, 0.1) is 17.1 Å². The Kier molecular flexibility index (Phi) is 4.79. The van der Waals surface area contributed by atoms with Gasteiger partial charge < -0.3 is 5.32 Å². The van der Waals surface area contributed by atoms with Crippen molar-refractivity contribution in [2.45, 2.75) is 25.3 Å². The molecular formula is C16H17FN2O3S. The minimum atomic E-state index is -3.42. The molecule has 0 aliphatic heterocycles. The molecule has 0 aliphatic carbocycles. The number of halogens is 1. The smallest absolute Gasteiger partial charge is 0.251 e. The Morgan fingerprint density at radius 2 is 1.91 bits per heavy atom. The van der Waals surface area contributed by atoms with Crippen LogP contribution in [0.2, 0.25) is 0 Å². The Hall–Kier alpha value is -2.28. The first-order valence-corrected chi connectivity index (χ1v) is 8.78. The molecule has 0 saturated heterocycles. The van der Waals surface area contributed by atoms with Crippen LogP contribution in [0.3, 0.4) is 0 Å². The quantitative estimate of drug-likeness (QED) is 0.928. The third-order valence-electron chi connectivity index (χ3n) is 3.42. The number of benzene rings is 1. The van der Waals surface area contributed by atoms with Gasteiger partial charge in [-0.15, -0.1) is 0 Å². The van der Waals surface area contributed by atoms with Crippen molar-refractivity contribution in [2.24, 2.45) is 0 Å². The summed E-state index contributed by atoms with van der Waals surface area (Å²) in [7, 11) is -3.42. The van der Waals surface area contributed by atoms with Gasteiger partial charge in [-0.2, -0.15) is 0 Å². The average molecular weight is 336 g/mol. The van der Waals surface area contributed by atoms with Crippen molar-refractivity contribution < 1.29 is 17.6 Å². The van der Waals surface area contributed by atoms with Crippen LogP contribution in [0.4, 0.5) is 4.39 Å². The number of pyridine rings is 1. The van der Waals surface area contributed by atoms with Crippen molar-refractivity contribution in [1.29, 1.82) is 0 Å². The van der Waals surface area contributed by atoms with Crippen LogP contribution in [0.25, 0.3) is 0 Å². The molecule has 0 atom stereocenters. The highest BCUT2D eigenvalue weighted by atomic mass is 32.2. The molecule has 7 heteroatoms. The third kappa shape index (κ3) is 3.92. The van der Waals surface area contributed by atoms with Crippen molar-refractivity contribution >= 4 is 15.7 Å². The van der Waals surface area contributed by atoms with Crippen LogP contribution in [-0.2, 0) is 16.4 Å². The monoisotopic (exact) mass is 336 g/mol. The highest BCUT2D eigenvalue weighted by Gasteiger charge is 2.15. The molecule has 1 aromatic heterocycles. The first-order valence-electron chi connectivity index (χ1n) is 6.89. The molecule has 122 valence electrons. The van der Waals surface area contributed by atoms with E-state index in [9.17, 15) is 17.6 Å². The van der Waals surface area contributed by atoms with Gasteiger partial charge in [0.2, 0.25) is 0 Å². The number of aryl methyl sites for hydroxylation is 2. The Morgan fingerprint density at radius 3 is 2.57 bits per heavy atom. The fourth-order valence-corrected chi connectivity index (χ4v) is 3.12. The highest BCUT2D eigenvalue weighted by molar-refractivity contribution is 7.90. The summed E-state index contributed by atoms with van der Waals surface area (Å²) >= 11 is 0. The fourth-order valence-electron chi connectivity index (χ4n) is 2.13. The van der Waals surface area contributed by atoms with Gasteiger partial charge in [0.1, 0.15) is 5.82 Å². The summed E-state index contributed by atoms with van der Waals surface area (Å²) in [6, 6.07) is 5.95. The van der Waals surface area contributed by atoms with Gasteiger partial charge in [0, 0.05) is 18.0 Å². The molecule has 1 N–H and O–H groups in total. The second-order valence-electron chi connectivity index (χ2n) is 5.32. The van der Waals surface area contributed by atoms with Crippen LogP contribution in [0, 0.1) is 19.7 Å². The van der Waals surface area contributed by atoms with E-state index in [0.29, 0.717) is 11.1 Å². The maximum absolute atomic E-state index is 13.8. The van der Waals surface area contributed by atoms with Gasteiger partial charge in [-0.25, -0.2) is 12.8 Å². The molecular weight excluding hydrogens is 319 g/mol. The maximum Gasteiger partial charge on any atom is 0.251 e. The lowest BCUT2D eigenvalue weighted by atomic mass is 10.1. The summed E-state index contributed by atoms with van der Waals surface area (Å²) < 4.78 is 37.2. The molecule has 0 aliphatic rings. The second-order valence-corrected chi connectivity index (χ2v) is 7.31. The number of nitrogens with zero attached hydrogens (tertiary/aromatic N) is 1. The molecule has 1 aromatic carbocycles. The molecule has 2 aromatic rings. The second kappa shape index (κ2) is 6.45. The summed E-state index contributed by atoms with van der Waals surface area (Å²) in [6.07, 6.45) is 2.55. The molecule has 0 fully saturated rings. The van der Waals surface area contributed by atoms with E-state index >= 15 is 0 Å². The van der Waals surface area contributed by atoms with E-state index in [1.54, 1.807) is 26.0 Å². The summed E-state index contributed by atoms with van der Waals surface area (Å²) in [4.78, 5) is 16.1. The zero-order chi connectivity index (χ0) is 17.2. The topological polar surface area (TPSA) is 76.1 Å². The summed E-state index contributed by atoms with van der Waals surface area (Å²) in [5.74, 6) is -0.953. The normalized spacial score (nSPS) is 11.3. The lowest BCUT2D eigenvalue weighted by Crippen LogP contribution is -2.24. The molecule has 5 nitrogen and oxygen atoms in total. The highest BCUT2D eigenvalue weighted by Crippen LogP contribution is 2.17. The first-order chi connectivity index (χ1) is 10.7. The zero-order valence-corrected chi connectivity index (χ0v) is 13.9. The minimum Gasteiger partial charge on any atom is -0.346 e. The van der Waals surface area contributed by atoms with Crippen molar-refractivity contribution in [2.75, 3.05) is 6.26 Å². The van der Waals surface area contributed by atoms with Crippen LogP contribution in [0.5, 0.6) is 0 Å². The van der Waals surface area contributed by atoms with E-state index in [4.69, 9.17) is 0 Å². The van der Waals surface area contributed by atoms with Gasteiger partial charge in [0.25, 0.3) is 5.91 Å². The van der Waals surface area contributed by atoms with Gasteiger partial charge in [0.15, 0.2) is 9.84 Å². The number of sulfone groups is 1. The van der Waals surface area contributed by atoms with Crippen LogP contribution in [0.1, 0.15) is 27.2 Å². The molecule has 23 heavy (non-hydrogen) atoms. The van der Waals surface area contributed by atoms with E-state index in [1.165, 1.54) is 18.3 Å². The fraction of sp³-hybridized carbons (Fsp3) is 0.250. The van der Waals surface area contributed by atoms with Crippen LogP contribution in [0.15, 0.2) is 35.4 Å². The van der Waals surface area contributed by atoms with Gasteiger partial charge in [-0.05, 0) is 43.2 Å². The zero-order valence-electron chi connectivity index (χ0n) is 13.1. The van der Waals surface area contributed by atoms with E-state index in [0.717, 1.165) is 6.26 Å². The van der Waals surface area contributed by atoms with Crippen LogP contribution in [-0.4, -0.2) is 25.6 Å². The van der Waals surface area contributed by atoms with E-state index < -0.39 is 21.6 Å². The Balaban J connectivity index is 2.20. The Labute approximate surface area is 134 Å².